The normalized spacial score (nSPS) is 19.3. The Kier molecular flexibility index (Phi) is 7.60. The number of carbonyl (C=O) groups is 2. The van der Waals surface area contributed by atoms with Gasteiger partial charge in [0.25, 0.3) is 5.78 Å². The van der Waals surface area contributed by atoms with Gasteiger partial charge in [-0.25, -0.2) is 4.98 Å². The minimum atomic E-state index is -0.907. The van der Waals surface area contributed by atoms with Crippen LogP contribution in [0.2, 0.25) is 0 Å². The zero-order chi connectivity index (χ0) is 29.4. The summed E-state index contributed by atoms with van der Waals surface area (Å²) in [5.41, 5.74) is 2.72. The van der Waals surface area contributed by atoms with Crippen LogP contribution in [0.4, 0.5) is 5.13 Å². The molecule has 1 N–H and O–H groups in total. The number of ketones is 1. The van der Waals surface area contributed by atoms with Gasteiger partial charge in [0.05, 0.1) is 35.0 Å². The average molecular weight is 585 g/mol. The van der Waals surface area contributed by atoms with E-state index in [1.165, 1.54) is 16.2 Å². The Balaban J connectivity index is 1.48. The molecule has 6 rings (SSSR count). The fraction of sp³-hybridized carbons (Fsp3) is 0.303. The molecule has 3 aromatic carbocycles. The highest BCUT2D eigenvalue weighted by Crippen LogP contribution is 2.45. The monoisotopic (exact) mass is 584 g/mol. The first kappa shape index (κ1) is 27.8. The minimum Gasteiger partial charge on any atom is -0.507 e. The Bertz CT molecular complexity index is 1710. The number of rotatable bonds is 9. The molecule has 0 unspecified atom stereocenters. The van der Waals surface area contributed by atoms with Crippen molar-refractivity contribution >= 4 is 44.1 Å². The lowest BCUT2D eigenvalue weighted by Crippen LogP contribution is -2.29. The summed E-state index contributed by atoms with van der Waals surface area (Å²) < 4.78 is 18.2. The van der Waals surface area contributed by atoms with Crippen LogP contribution < -0.4 is 19.1 Å². The number of ether oxygens (including phenoxy) is 3. The number of nitrogens with zero attached hydrogens (tertiary/aromatic N) is 2. The van der Waals surface area contributed by atoms with Crippen molar-refractivity contribution in [2.45, 2.75) is 52.2 Å². The van der Waals surface area contributed by atoms with E-state index in [0.717, 1.165) is 28.9 Å². The van der Waals surface area contributed by atoms with E-state index in [2.05, 4.69) is 6.92 Å². The smallest absolute Gasteiger partial charge is 0.301 e. The highest BCUT2D eigenvalue weighted by Gasteiger charge is 2.48. The van der Waals surface area contributed by atoms with Gasteiger partial charge in [0, 0.05) is 12.0 Å². The molecule has 4 aromatic rings. The van der Waals surface area contributed by atoms with Gasteiger partial charge in [-0.05, 0) is 79.9 Å². The molecule has 1 fully saturated rings. The van der Waals surface area contributed by atoms with E-state index in [1.807, 2.05) is 62.4 Å². The van der Waals surface area contributed by atoms with Gasteiger partial charge in [-0.3, -0.25) is 14.5 Å². The van der Waals surface area contributed by atoms with Crippen LogP contribution in [0.1, 0.15) is 56.3 Å². The number of anilines is 1. The van der Waals surface area contributed by atoms with E-state index in [4.69, 9.17) is 19.2 Å². The number of aliphatic hydroxyl groups is 1. The molecule has 8 nitrogen and oxygen atoms in total. The first-order chi connectivity index (χ1) is 20.4. The SMILES string of the molecule is CCCCOc1cccc([C@@H]2C(=C(O)c3ccc4c(c3)C[C@@H](C)O4)C(=O)C(=O)N2c2nc3ccc(OCC)cc3s2)c1. The van der Waals surface area contributed by atoms with Gasteiger partial charge in [0.15, 0.2) is 5.13 Å². The Morgan fingerprint density at radius 1 is 1.07 bits per heavy atom. The first-order valence-corrected chi connectivity index (χ1v) is 15.1. The number of hydrogen-bond acceptors (Lipinski definition) is 8. The number of unbranched alkanes of at least 4 members (excludes halogenated alkanes) is 1. The zero-order valence-electron chi connectivity index (χ0n) is 23.8. The van der Waals surface area contributed by atoms with Crippen LogP contribution in [-0.4, -0.2) is 41.1 Å². The van der Waals surface area contributed by atoms with Crippen molar-refractivity contribution in [2.75, 3.05) is 18.1 Å². The van der Waals surface area contributed by atoms with Crippen LogP contribution >= 0.6 is 11.3 Å². The van der Waals surface area contributed by atoms with Gasteiger partial charge in [-0.2, -0.15) is 0 Å². The van der Waals surface area contributed by atoms with Crippen LogP contribution in [0.15, 0.2) is 66.2 Å². The number of amides is 1. The summed E-state index contributed by atoms with van der Waals surface area (Å²) in [5, 5.41) is 12.0. The van der Waals surface area contributed by atoms with Crippen molar-refractivity contribution in [3.05, 3.63) is 82.9 Å². The minimum absolute atomic E-state index is 0.00637. The van der Waals surface area contributed by atoms with E-state index < -0.39 is 17.7 Å². The third-order valence-electron chi connectivity index (χ3n) is 7.42. The summed E-state index contributed by atoms with van der Waals surface area (Å²) in [6.07, 6.45) is 2.62. The van der Waals surface area contributed by atoms with Crippen LogP contribution in [0.25, 0.3) is 16.0 Å². The molecule has 2 aliphatic rings. The molecule has 2 atom stereocenters. The largest absolute Gasteiger partial charge is 0.507 e. The Hall–Kier alpha value is -4.37. The second kappa shape index (κ2) is 11.5. The number of fused-ring (bicyclic) bond motifs is 2. The quantitative estimate of drug-likeness (QED) is 0.0997. The lowest BCUT2D eigenvalue weighted by atomic mass is 9.94. The standard InChI is InChI=1S/C33H32N2O6S/c1-4-6-14-40-23-9-7-8-20(17-23)29-28(30(36)21-10-13-26-22(16-21)15-19(3)41-26)31(37)32(38)35(29)33-34-25-12-11-24(39-5-2)18-27(25)42-33/h7-13,16-19,29,36H,4-6,14-15H2,1-3H3/t19-,29-/m1/s1. The average Bonchev–Trinajstić information content (AvgIpc) is 3.65. The van der Waals surface area contributed by atoms with Crippen molar-refractivity contribution in [3.8, 4) is 17.2 Å². The van der Waals surface area contributed by atoms with E-state index in [9.17, 15) is 14.7 Å². The maximum atomic E-state index is 13.7. The topological polar surface area (TPSA) is 98.2 Å². The van der Waals surface area contributed by atoms with E-state index in [0.29, 0.717) is 52.9 Å². The van der Waals surface area contributed by atoms with Crippen LogP contribution in [0.5, 0.6) is 17.2 Å². The Morgan fingerprint density at radius 2 is 1.90 bits per heavy atom. The van der Waals surface area contributed by atoms with Crippen molar-refractivity contribution in [3.63, 3.8) is 0 Å². The number of carbonyl (C=O) groups excluding carboxylic acids is 2. The lowest BCUT2D eigenvalue weighted by Gasteiger charge is -2.23. The third kappa shape index (κ3) is 5.09. The fourth-order valence-corrected chi connectivity index (χ4v) is 6.45. The van der Waals surface area contributed by atoms with E-state index >= 15 is 0 Å². The van der Waals surface area contributed by atoms with Crippen LogP contribution in [0, 0.1) is 0 Å². The van der Waals surface area contributed by atoms with Crippen LogP contribution in [0.3, 0.4) is 0 Å². The van der Waals surface area contributed by atoms with E-state index in [1.54, 1.807) is 12.1 Å². The van der Waals surface area contributed by atoms with Gasteiger partial charge >= 0.3 is 5.91 Å². The molecule has 2 aliphatic heterocycles. The predicted octanol–water partition coefficient (Wildman–Crippen LogP) is 6.82. The van der Waals surface area contributed by atoms with Gasteiger partial charge in [0.1, 0.15) is 29.1 Å². The summed E-state index contributed by atoms with van der Waals surface area (Å²) >= 11 is 1.30. The Morgan fingerprint density at radius 3 is 2.71 bits per heavy atom. The molecule has 0 saturated carbocycles. The maximum absolute atomic E-state index is 13.7. The lowest BCUT2D eigenvalue weighted by molar-refractivity contribution is -0.132. The molecule has 1 amide bonds. The van der Waals surface area contributed by atoms with Gasteiger partial charge in [-0.1, -0.05) is 36.8 Å². The summed E-state index contributed by atoms with van der Waals surface area (Å²) in [4.78, 5) is 33.6. The molecule has 9 heteroatoms. The second-order valence-corrected chi connectivity index (χ2v) is 11.5. The molecule has 216 valence electrons. The highest BCUT2D eigenvalue weighted by molar-refractivity contribution is 7.22. The number of thiazole rings is 1. The van der Waals surface area contributed by atoms with Crippen molar-refractivity contribution in [1.29, 1.82) is 0 Å². The summed E-state index contributed by atoms with van der Waals surface area (Å²) in [5.74, 6) is 0.330. The van der Waals surface area contributed by atoms with Gasteiger partial charge in [0.2, 0.25) is 0 Å². The number of benzene rings is 3. The number of aliphatic hydroxyl groups excluding tert-OH is 1. The first-order valence-electron chi connectivity index (χ1n) is 14.2. The third-order valence-corrected chi connectivity index (χ3v) is 8.44. The highest BCUT2D eigenvalue weighted by atomic mass is 32.1. The Labute approximate surface area is 248 Å². The van der Waals surface area contributed by atoms with Crippen molar-refractivity contribution in [1.82, 2.24) is 4.98 Å². The molecule has 0 spiro atoms. The number of aromatic nitrogens is 1. The molecule has 3 heterocycles. The van der Waals surface area contributed by atoms with Crippen molar-refractivity contribution in [2.24, 2.45) is 0 Å². The molecule has 0 bridgehead atoms. The molecule has 1 saturated heterocycles. The number of hydrogen-bond donors (Lipinski definition) is 1. The molecular formula is C33H32N2O6S. The van der Waals surface area contributed by atoms with Crippen LogP contribution in [-0.2, 0) is 16.0 Å². The second-order valence-electron chi connectivity index (χ2n) is 10.5. The summed E-state index contributed by atoms with van der Waals surface area (Å²) in [7, 11) is 0. The molecule has 0 radical (unpaired) electrons. The molecule has 1 aromatic heterocycles. The zero-order valence-corrected chi connectivity index (χ0v) is 24.6. The predicted molar refractivity (Wildman–Crippen MR) is 163 cm³/mol. The fourth-order valence-electron chi connectivity index (χ4n) is 5.43. The van der Waals surface area contributed by atoms with Gasteiger partial charge in [-0.15, -0.1) is 0 Å². The molecule has 0 aliphatic carbocycles. The van der Waals surface area contributed by atoms with Gasteiger partial charge < -0.3 is 19.3 Å². The molecular weight excluding hydrogens is 552 g/mol. The molecule has 42 heavy (non-hydrogen) atoms. The van der Waals surface area contributed by atoms with E-state index in [-0.39, 0.29) is 17.4 Å². The summed E-state index contributed by atoms with van der Waals surface area (Å²) in [6.45, 7) is 7.06. The van der Waals surface area contributed by atoms with Crippen molar-refractivity contribution < 1.29 is 28.9 Å². The summed E-state index contributed by atoms with van der Waals surface area (Å²) in [6, 6.07) is 17.3. The maximum Gasteiger partial charge on any atom is 0.301 e. The number of Topliss-reactive ketones (excluding diaryl/α,β-unsaturated/α-hetero) is 1.